The third kappa shape index (κ3) is 2.43. The van der Waals surface area contributed by atoms with Crippen LogP contribution in [0.15, 0.2) is 5.11 Å². The van der Waals surface area contributed by atoms with E-state index in [9.17, 15) is 0 Å². The van der Waals surface area contributed by atoms with Crippen molar-refractivity contribution in [3.8, 4) is 0 Å². The average Bonchev–Trinajstić information content (AvgIpc) is 2.69. The molecule has 6 heteroatoms. The van der Waals surface area contributed by atoms with Crippen molar-refractivity contribution in [1.29, 1.82) is 0 Å². The van der Waals surface area contributed by atoms with Crippen LogP contribution in [-0.2, 0) is 24.2 Å². The zero-order valence-corrected chi connectivity index (χ0v) is 10.3. The number of nitrogens with zero attached hydrogens (tertiary/aromatic N) is 5. The van der Waals surface area contributed by atoms with Crippen LogP contribution in [-0.4, -0.2) is 22.9 Å². The molecule has 1 aromatic rings. The van der Waals surface area contributed by atoms with Crippen LogP contribution in [0.2, 0.25) is 0 Å². The maximum Gasteiger partial charge on any atom is 0.0753 e. The lowest BCUT2D eigenvalue weighted by atomic mass is 10.1. The summed E-state index contributed by atoms with van der Waals surface area (Å²) in [6.45, 7) is 6.07. The van der Waals surface area contributed by atoms with Crippen LogP contribution in [0.4, 0.5) is 0 Å². The van der Waals surface area contributed by atoms with E-state index in [1.807, 2.05) is 4.68 Å². The van der Waals surface area contributed by atoms with Crippen LogP contribution in [0.3, 0.4) is 0 Å². The summed E-state index contributed by atoms with van der Waals surface area (Å²) in [6, 6.07) is 0.321. The Hall–Kier alpha value is -1.52. The molecule has 17 heavy (non-hydrogen) atoms. The van der Waals surface area contributed by atoms with E-state index in [1.165, 1.54) is 5.56 Å². The van der Waals surface area contributed by atoms with E-state index >= 15 is 0 Å². The minimum Gasteiger partial charge on any atom is -0.376 e. The number of fused-ring (bicyclic) bond motifs is 1. The Morgan fingerprint density at radius 2 is 2.41 bits per heavy atom. The first kappa shape index (κ1) is 12.0. The molecule has 1 aliphatic heterocycles. The molecule has 0 atom stereocenters. The van der Waals surface area contributed by atoms with Gasteiger partial charge in [-0.1, -0.05) is 5.11 Å². The monoisotopic (exact) mass is 235 g/mol. The first-order chi connectivity index (χ1) is 8.24. The maximum atomic E-state index is 8.32. The van der Waals surface area contributed by atoms with Crippen molar-refractivity contribution in [2.45, 2.75) is 39.3 Å². The summed E-state index contributed by atoms with van der Waals surface area (Å²) >= 11 is 0. The number of rotatable bonds is 4. The van der Waals surface area contributed by atoms with Gasteiger partial charge in [-0.05, 0) is 25.8 Å². The van der Waals surface area contributed by atoms with Crippen LogP contribution >= 0.6 is 0 Å². The maximum absolute atomic E-state index is 8.32. The van der Waals surface area contributed by atoms with E-state index in [1.54, 1.807) is 0 Å². The van der Waals surface area contributed by atoms with Crippen molar-refractivity contribution < 1.29 is 4.74 Å². The molecule has 0 saturated carbocycles. The Labute approximate surface area is 100 Å². The van der Waals surface area contributed by atoms with Crippen molar-refractivity contribution in [2.75, 3.05) is 13.2 Å². The highest BCUT2D eigenvalue weighted by Crippen LogP contribution is 2.23. The lowest BCUT2D eigenvalue weighted by Gasteiger charge is -2.13. The summed E-state index contributed by atoms with van der Waals surface area (Å²) in [5, 5.41) is 8.23. The fraction of sp³-hybridized carbons (Fsp3) is 0.727. The molecule has 0 aromatic carbocycles. The molecule has 0 saturated heterocycles. The molecule has 92 valence electrons. The number of hydrogen-bond acceptors (Lipinski definition) is 3. The Balaban J connectivity index is 2.31. The van der Waals surface area contributed by atoms with Crippen molar-refractivity contribution in [1.82, 2.24) is 9.78 Å². The summed E-state index contributed by atoms with van der Waals surface area (Å²) in [5.74, 6) is 0. The molecule has 0 fully saturated rings. The van der Waals surface area contributed by atoms with E-state index in [4.69, 9.17) is 10.3 Å². The molecule has 0 N–H and O–H groups in total. The van der Waals surface area contributed by atoms with Crippen molar-refractivity contribution in [3.63, 3.8) is 0 Å². The first-order valence-corrected chi connectivity index (χ1v) is 5.91. The summed E-state index contributed by atoms with van der Waals surface area (Å²) in [6.07, 6.45) is 1.61. The molecule has 0 unspecified atom stereocenters. The normalized spacial score (nSPS) is 14.5. The second-order valence-corrected chi connectivity index (χ2v) is 4.42. The van der Waals surface area contributed by atoms with Crippen LogP contribution in [0.25, 0.3) is 10.4 Å². The largest absolute Gasteiger partial charge is 0.376 e. The minimum atomic E-state index is 0.321. The topological polar surface area (TPSA) is 75.8 Å². The van der Waals surface area contributed by atoms with Gasteiger partial charge in [-0.2, -0.15) is 5.10 Å². The predicted octanol–water partition coefficient (Wildman–Crippen LogP) is 2.39. The highest BCUT2D eigenvalue weighted by atomic mass is 16.5. The first-order valence-electron chi connectivity index (χ1n) is 5.91. The van der Waals surface area contributed by atoms with E-state index in [0.717, 1.165) is 30.8 Å². The standard InChI is InChI=1S/C11H17N5O/c1-8(2)16-11(3-5-13-15-12)9-7-17-6-4-10(9)14-16/h8H,3-7H2,1-2H3. The van der Waals surface area contributed by atoms with Gasteiger partial charge < -0.3 is 4.74 Å². The smallest absolute Gasteiger partial charge is 0.0753 e. The fourth-order valence-electron chi connectivity index (χ4n) is 2.16. The molecule has 0 bridgehead atoms. The summed E-state index contributed by atoms with van der Waals surface area (Å²) in [5.41, 5.74) is 11.8. The molecular formula is C11H17N5O. The molecule has 0 radical (unpaired) electrons. The number of aromatic nitrogens is 2. The van der Waals surface area contributed by atoms with E-state index in [0.29, 0.717) is 19.2 Å². The van der Waals surface area contributed by atoms with Gasteiger partial charge in [-0.25, -0.2) is 0 Å². The van der Waals surface area contributed by atoms with Crippen molar-refractivity contribution in [2.24, 2.45) is 5.11 Å². The quantitative estimate of drug-likeness (QED) is 0.456. The zero-order valence-electron chi connectivity index (χ0n) is 10.3. The summed E-state index contributed by atoms with van der Waals surface area (Å²) in [7, 11) is 0. The molecular weight excluding hydrogens is 218 g/mol. The second-order valence-electron chi connectivity index (χ2n) is 4.42. The van der Waals surface area contributed by atoms with Gasteiger partial charge in [0, 0.05) is 35.2 Å². The van der Waals surface area contributed by atoms with Gasteiger partial charge >= 0.3 is 0 Å². The lowest BCUT2D eigenvalue weighted by Crippen LogP contribution is -2.11. The molecule has 1 aromatic heterocycles. The number of ether oxygens (including phenoxy) is 1. The van der Waals surface area contributed by atoms with Gasteiger partial charge in [0.05, 0.1) is 18.9 Å². The fourth-order valence-corrected chi connectivity index (χ4v) is 2.16. The van der Waals surface area contributed by atoms with Crippen LogP contribution < -0.4 is 0 Å². The molecule has 0 spiro atoms. The second kappa shape index (κ2) is 5.21. The number of azide groups is 1. The minimum absolute atomic E-state index is 0.321. The van der Waals surface area contributed by atoms with E-state index < -0.39 is 0 Å². The number of hydrogen-bond donors (Lipinski definition) is 0. The molecule has 2 rings (SSSR count). The van der Waals surface area contributed by atoms with Gasteiger partial charge in [0.25, 0.3) is 0 Å². The predicted molar refractivity (Wildman–Crippen MR) is 63.7 cm³/mol. The van der Waals surface area contributed by atoms with Gasteiger partial charge in [-0.3, -0.25) is 4.68 Å². The van der Waals surface area contributed by atoms with Gasteiger partial charge in [0.15, 0.2) is 0 Å². The molecule has 6 nitrogen and oxygen atoms in total. The lowest BCUT2D eigenvalue weighted by molar-refractivity contribution is 0.109. The molecule has 2 heterocycles. The SMILES string of the molecule is CC(C)n1nc2c(c1CCN=[N+]=[N-])COCC2. The third-order valence-electron chi connectivity index (χ3n) is 2.93. The molecule has 1 aliphatic rings. The van der Waals surface area contributed by atoms with Gasteiger partial charge in [-0.15, -0.1) is 0 Å². The summed E-state index contributed by atoms with van der Waals surface area (Å²) < 4.78 is 7.51. The highest BCUT2D eigenvalue weighted by molar-refractivity contribution is 5.28. The van der Waals surface area contributed by atoms with E-state index in [-0.39, 0.29) is 0 Å². The Kier molecular flexibility index (Phi) is 3.66. The van der Waals surface area contributed by atoms with Gasteiger partial charge in [0.2, 0.25) is 0 Å². The Morgan fingerprint density at radius 3 is 3.12 bits per heavy atom. The van der Waals surface area contributed by atoms with Crippen LogP contribution in [0.5, 0.6) is 0 Å². The Bertz CT molecular complexity index is 445. The Morgan fingerprint density at radius 1 is 1.59 bits per heavy atom. The van der Waals surface area contributed by atoms with Gasteiger partial charge in [0.1, 0.15) is 0 Å². The molecule has 0 amide bonds. The molecule has 0 aliphatic carbocycles. The summed E-state index contributed by atoms with van der Waals surface area (Å²) in [4.78, 5) is 2.79. The van der Waals surface area contributed by atoms with Crippen molar-refractivity contribution >= 4 is 0 Å². The third-order valence-corrected chi connectivity index (χ3v) is 2.93. The van der Waals surface area contributed by atoms with E-state index in [2.05, 4.69) is 29.0 Å². The van der Waals surface area contributed by atoms with Crippen molar-refractivity contribution in [3.05, 3.63) is 27.4 Å². The highest BCUT2D eigenvalue weighted by Gasteiger charge is 2.21. The van der Waals surface area contributed by atoms with Crippen LogP contribution in [0, 0.1) is 0 Å². The van der Waals surface area contributed by atoms with Crippen LogP contribution in [0.1, 0.15) is 36.8 Å². The zero-order chi connectivity index (χ0) is 12.3. The average molecular weight is 235 g/mol.